The fourth-order valence-corrected chi connectivity index (χ4v) is 1.76. The van der Waals surface area contributed by atoms with E-state index in [1.165, 1.54) is 6.92 Å². The number of rotatable bonds is 3. The Labute approximate surface area is 114 Å². The van der Waals surface area contributed by atoms with Crippen molar-refractivity contribution in [2.75, 3.05) is 11.5 Å². The van der Waals surface area contributed by atoms with Crippen LogP contribution in [0, 0.1) is 17.7 Å². The van der Waals surface area contributed by atoms with Gasteiger partial charge in [0.05, 0.1) is 11.1 Å². The van der Waals surface area contributed by atoms with Gasteiger partial charge in [-0.3, -0.25) is 4.79 Å². The summed E-state index contributed by atoms with van der Waals surface area (Å²) in [6, 6.07) is 2.05. The van der Waals surface area contributed by atoms with Gasteiger partial charge in [-0.2, -0.15) is 0 Å². The Morgan fingerprint density at radius 3 is 2.74 bits per heavy atom. The van der Waals surface area contributed by atoms with Crippen LogP contribution in [0.25, 0.3) is 0 Å². The Morgan fingerprint density at radius 1 is 1.47 bits per heavy atom. The summed E-state index contributed by atoms with van der Waals surface area (Å²) in [5, 5.41) is 8.85. The van der Waals surface area contributed by atoms with Crippen molar-refractivity contribution >= 4 is 28.5 Å². The quantitative estimate of drug-likeness (QED) is 0.504. The molecule has 1 aromatic rings. The van der Waals surface area contributed by atoms with E-state index in [9.17, 15) is 14.0 Å². The molecule has 0 heterocycles. The number of carboxylic acids is 1. The van der Waals surface area contributed by atoms with Crippen LogP contribution in [0.4, 0.5) is 10.1 Å². The average Bonchev–Trinajstić information content (AvgIpc) is 2.30. The lowest BCUT2D eigenvalue weighted by atomic mass is 10.1. The number of thioether (sulfide) groups is 1. The van der Waals surface area contributed by atoms with E-state index in [2.05, 4.69) is 11.8 Å². The highest BCUT2D eigenvalue weighted by molar-refractivity contribution is 8.13. The lowest BCUT2D eigenvalue weighted by Gasteiger charge is -2.02. The molecular weight excluding hydrogens is 269 g/mol. The molecule has 0 saturated heterocycles. The molecule has 0 aromatic heterocycles. The normalized spacial score (nSPS) is 9.58. The molecule has 0 spiro atoms. The maximum atomic E-state index is 13.5. The van der Waals surface area contributed by atoms with E-state index in [1.54, 1.807) is 0 Å². The fourth-order valence-electron chi connectivity index (χ4n) is 1.27. The summed E-state index contributed by atoms with van der Waals surface area (Å²) >= 11 is 1.13. The van der Waals surface area contributed by atoms with Crippen LogP contribution in [0.2, 0.25) is 0 Å². The maximum Gasteiger partial charge on any atom is 0.337 e. The largest absolute Gasteiger partial charge is 0.478 e. The first-order valence-corrected chi connectivity index (χ1v) is 6.35. The van der Waals surface area contributed by atoms with Gasteiger partial charge in [0, 0.05) is 24.8 Å². The third-order valence-corrected chi connectivity index (χ3v) is 2.94. The first-order chi connectivity index (χ1) is 8.91. The van der Waals surface area contributed by atoms with Crippen molar-refractivity contribution in [3.05, 3.63) is 29.1 Å². The van der Waals surface area contributed by atoms with E-state index < -0.39 is 11.8 Å². The van der Waals surface area contributed by atoms with Gasteiger partial charge in [0.15, 0.2) is 5.12 Å². The number of nitrogens with two attached hydrogens (primary N) is 1. The Kier molecular flexibility index (Phi) is 5.39. The van der Waals surface area contributed by atoms with Gasteiger partial charge in [-0.05, 0) is 12.1 Å². The van der Waals surface area contributed by atoms with Gasteiger partial charge >= 0.3 is 5.97 Å². The summed E-state index contributed by atoms with van der Waals surface area (Å²) in [5.41, 5.74) is 5.06. The van der Waals surface area contributed by atoms with Crippen molar-refractivity contribution in [2.45, 2.75) is 13.3 Å². The van der Waals surface area contributed by atoms with Crippen LogP contribution in [-0.4, -0.2) is 21.9 Å². The SMILES string of the molecule is CC(=O)SCCC#Cc1cc(C(=O)O)c(N)cc1F. The second-order valence-electron chi connectivity index (χ2n) is 3.62. The van der Waals surface area contributed by atoms with E-state index in [0.717, 1.165) is 23.9 Å². The summed E-state index contributed by atoms with van der Waals surface area (Å²) < 4.78 is 13.5. The number of hydrogen-bond acceptors (Lipinski definition) is 4. The van der Waals surface area contributed by atoms with Gasteiger partial charge in [0.1, 0.15) is 5.82 Å². The van der Waals surface area contributed by atoms with Gasteiger partial charge in [-0.15, -0.1) is 0 Å². The Morgan fingerprint density at radius 2 is 2.16 bits per heavy atom. The highest BCUT2D eigenvalue weighted by Crippen LogP contribution is 2.17. The van der Waals surface area contributed by atoms with Crippen LogP contribution in [0.15, 0.2) is 12.1 Å². The number of nitrogen functional groups attached to an aromatic ring is 1. The number of benzene rings is 1. The molecule has 4 nitrogen and oxygen atoms in total. The minimum Gasteiger partial charge on any atom is -0.478 e. The second kappa shape index (κ2) is 6.81. The monoisotopic (exact) mass is 281 g/mol. The molecule has 0 aliphatic heterocycles. The first-order valence-electron chi connectivity index (χ1n) is 5.36. The van der Waals surface area contributed by atoms with Crippen LogP contribution < -0.4 is 5.73 Å². The molecule has 0 saturated carbocycles. The van der Waals surface area contributed by atoms with Crippen molar-refractivity contribution in [2.24, 2.45) is 0 Å². The van der Waals surface area contributed by atoms with E-state index in [4.69, 9.17) is 10.8 Å². The molecule has 0 aliphatic rings. The van der Waals surface area contributed by atoms with Crippen molar-refractivity contribution in [1.29, 1.82) is 0 Å². The minimum absolute atomic E-state index is 0.00590. The summed E-state index contributed by atoms with van der Waals surface area (Å²) in [4.78, 5) is 21.5. The number of carboxylic acid groups (broad SMARTS) is 1. The lowest BCUT2D eigenvalue weighted by molar-refractivity contribution is -0.109. The van der Waals surface area contributed by atoms with Crippen LogP contribution in [-0.2, 0) is 4.79 Å². The van der Waals surface area contributed by atoms with E-state index in [-0.39, 0.29) is 21.9 Å². The number of carbonyl (C=O) groups is 2. The number of anilines is 1. The third kappa shape index (κ3) is 4.64. The molecule has 0 aliphatic carbocycles. The Hall–Kier alpha value is -2.00. The number of aromatic carboxylic acids is 1. The van der Waals surface area contributed by atoms with Gasteiger partial charge in [0.25, 0.3) is 0 Å². The summed E-state index contributed by atoms with van der Waals surface area (Å²) in [5.74, 6) is 3.86. The summed E-state index contributed by atoms with van der Waals surface area (Å²) in [6.07, 6.45) is 0.413. The standard InChI is InChI=1S/C13H12FNO3S/c1-8(16)19-5-3-2-4-9-6-10(13(17)18)12(15)7-11(9)14/h6-7H,3,5,15H2,1H3,(H,17,18). The van der Waals surface area contributed by atoms with Crippen LogP contribution in [0.5, 0.6) is 0 Å². The van der Waals surface area contributed by atoms with Gasteiger partial charge in [-0.25, -0.2) is 9.18 Å². The topological polar surface area (TPSA) is 80.4 Å². The molecular formula is C13H12FNO3S. The third-order valence-electron chi connectivity index (χ3n) is 2.13. The van der Waals surface area contributed by atoms with Crippen molar-refractivity contribution in [1.82, 2.24) is 0 Å². The van der Waals surface area contributed by atoms with E-state index >= 15 is 0 Å². The molecule has 1 aromatic carbocycles. The molecule has 0 radical (unpaired) electrons. The maximum absolute atomic E-state index is 13.5. The highest BCUT2D eigenvalue weighted by atomic mass is 32.2. The van der Waals surface area contributed by atoms with Crippen molar-refractivity contribution < 1.29 is 19.1 Å². The van der Waals surface area contributed by atoms with Gasteiger partial charge < -0.3 is 10.8 Å². The molecule has 100 valence electrons. The number of halogens is 1. The predicted octanol–water partition coefficient (Wildman–Crippen LogP) is 2.13. The molecule has 1 rings (SSSR count). The Balaban J connectivity index is 2.84. The lowest BCUT2D eigenvalue weighted by Crippen LogP contribution is -2.04. The molecule has 0 fully saturated rings. The van der Waals surface area contributed by atoms with Crippen molar-refractivity contribution in [3.63, 3.8) is 0 Å². The smallest absolute Gasteiger partial charge is 0.337 e. The zero-order chi connectivity index (χ0) is 14.4. The summed E-state index contributed by atoms with van der Waals surface area (Å²) in [7, 11) is 0. The van der Waals surface area contributed by atoms with Crippen LogP contribution in [0.3, 0.4) is 0 Å². The van der Waals surface area contributed by atoms with E-state index in [0.29, 0.717) is 12.2 Å². The molecule has 0 atom stereocenters. The number of carbonyl (C=O) groups excluding carboxylic acids is 1. The zero-order valence-corrected chi connectivity index (χ0v) is 11.0. The molecule has 19 heavy (non-hydrogen) atoms. The van der Waals surface area contributed by atoms with Crippen LogP contribution in [0.1, 0.15) is 29.3 Å². The van der Waals surface area contributed by atoms with Crippen molar-refractivity contribution in [3.8, 4) is 11.8 Å². The minimum atomic E-state index is -1.23. The first kappa shape index (κ1) is 15.1. The zero-order valence-electron chi connectivity index (χ0n) is 10.2. The van der Waals surface area contributed by atoms with Gasteiger partial charge in [0.2, 0.25) is 0 Å². The second-order valence-corrected chi connectivity index (χ2v) is 4.89. The molecule has 3 N–H and O–H groups in total. The van der Waals surface area contributed by atoms with Gasteiger partial charge in [-0.1, -0.05) is 23.6 Å². The van der Waals surface area contributed by atoms with Crippen LogP contribution >= 0.6 is 11.8 Å². The number of hydrogen-bond donors (Lipinski definition) is 2. The molecule has 0 amide bonds. The average molecular weight is 281 g/mol. The fraction of sp³-hybridized carbons (Fsp3) is 0.231. The molecule has 0 unspecified atom stereocenters. The molecule has 0 bridgehead atoms. The Bertz CT molecular complexity index is 575. The van der Waals surface area contributed by atoms with E-state index in [1.807, 2.05) is 0 Å². The molecule has 6 heteroatoms. The summed E-state index contributed by atoms with van der Waals surface area (Å²) in [6.45, 7) is 1.46. The predicted molar refractivity (Wildman–Crippen MR) is 72.4 cm³/mol. The highest BCUT2D eigenvalue weighted by Gasteiger charge is 2.11.